The van der Waals surface area contributed by atoms with E-state index >= 15 is 0 Å². The normalized spacial score (nSPS) is 12.2. The highest BCUT2D eigenvalue weighted by Gasteiger charge is 2.13. The monoisotopic (exact) mass is 436 g/mol. The van der Waals surface area contributed by atoms with E-state index in [2.05, 4.69) is 49.4 Å². The molecule has 3 aromatic heterocycles. The minimum absolute atomic E-state index is 1.26. The highest BCUT2D eigenvalue weighted by atomic mass is 32.1. The number of hydrogen-bond donors (Lipinski definition) is 0. The van der Waals surface area contributed by atoms with Crippen molar-refractivity contribution in [3.8, 4) is 0 Å². The van der Waals surface area contributed by atoms with Crippen LogP contribution in [0.1, 0.15) is 63.2 Å². The summed E-state index contributed by atoms with van der Waals surface area (Å²) in [4.78, 5) is 1.58. The van der Waals surface area contributed by atoms with Crippen LogP contribution in [0, 0.1) is 0 Å². The van der Waals surface area contributed by atoms with E-state index in [-0.39, 0.29) is 0 Å². The second-order valence-electron chi connectivity index (χ2n) is 8.18. The molecule has 0 bridgehead atoms. The topological polar surface area (TPSA) is 0 Å². The first-order valence-electron chi connectivity index (χ1n) is 11.1. The molecule has 0 amide bonds. The van der Waals surface area contributed by atoms with Gasteiger partial charge in [0.1, 0.15) is 0 Å². The van der Waals surface area contributed by atoms with Crippen molar-refractivity contribution in [2.24, 2.45) is 0 Å². The lowest BCUT2D eigenvalue weighted by atomic mass is 10.1. The van der Waals surface area contributed by atoms with Crippen molar-refractivity contribution in [1.29, 1.82) is 0 Å². The van der Waals surface area contributed by atoms with Gasteiger partial charge in [-0.05, 0) is 37.1 Å². The Kier molecular flexibility index (Phi) is 5.90. The van der Waals surface area contributed by atoms with Gasteiger partial charge in [-0.1, -0.05) is 70.1 Å². The summed E-state index contributed by atoms with van der Waals surface area (Å²) in [5.41, 5.74) is 0. The maximum atomic E-state index is 2.47. The fraction of sp³-hybridized carbons (Fsp3) is 0.385. The van der Waals surface area contributed by atoms with Crippen LogP contribution in [0.5, 0.6) is 0 Å². The molecule has 5 aromatic rings. The molecule has 0 radical (unpaired) electrons. The van der Waals surface area contributed by atoms with Gasteiger partial charge in [0.25, 0.3) is 0 Å². The molecule has 150 valence electrons. The van der Waals surface area contributed by atoms with E-state index in [4.69, 9.17) is 0 Å². The van der Waals surface area contributed by atoms with Gasteiger partial charge in [0.05, 0.1) is 4.70 Å². The van der Waals surface area contributed by atoms with Crippen LogP contribution in [0.3, 0.4) is 0 Å². The Morgan fingerprint density at radius 2 is 1.31 bits per heavy atom. The molecule has 0 aliphatic rings. The molecule has 0 N–H and O–H groups in total. The van der Waals surface area contributed by atoms with Gasteiger partial charge in [-0.3, -0.25) is 0 Å². The van der Waals surface area contributed by atoms with Gasteiger partial charge in [0.2, 0.25) is 0 Å². The Balaban J connectivity index is 1.31. The molecule has 0 saturated heterocycles. The Labute approximate surface area is 185 Å². The summed E-state index contributed by atoms with van der Waals surface area (Å²) in [7, 11) is 0. The second-order valence-corrected chi connectivity index (χ2v) is 11.5. The Hall–Kier alpha value is -1.42. The number of aryl methyl sites for hydroxylation is 1. The largest absolute Gasteiger partial charge is 0.139 e. The lowest BCUT2D eigenvalue weighted by molar-refractivity contribution is 0.576. The summed E-state index contributed by atoms with van der Waals surface area (Å²) < 4.78 is 7.27. The molecule has 5 rings (SSSR count). The fourth-order valence-electron chi connectivity index (χ4n) is 4.38. The van der Waals surface area contributed by atoms with Crippen molar-refractivity contribution in [2.45, 2.75) is 64.7 Å². The second kappa shape index (κ2) is 8.75. The third-order valence-electron chi connectivity index (χ3n) is 5.97. The predicted molar refractivity (Wildman–Crippen MR) is 136 cm³/mol. The highest BCUT2D eigenvalue weighted by molar-refractivity contribution is 7.33. The first kappa shape index (κ1) is 19.5. The highest BCUT2D eigenvalue weighted by Crippen LogP contribution is 2.44. The molecule has 3 heteroatoms. The van der Waals surface area contributed by atoms with Gasteiger partial charge >= 0.3 is 0 Å². The third-order valence-corrected chi connectivity index (χ3v) is 9.56. The predicted octanol–water partition coefficient (Wildman–Crippen LogP) is 10.2. The van der Waals surface area contributed by atoms with Crippen LogP contribution in [-0.2, 0) is 6.42 Å². The summed E-state index contributed by atoms with van der Waals surface area (Å²) >= 11 is 5.94. The van der Waals surface area contributed by atoms with E-state index < -0.39 is 0 Å². The number of unbranched alkanes of at least 4 members (excludes halogenated alkanes) is 7. The quantitative estimate of drug-likeness (QED) is 0.202. The summed E-state index contributed by atoms with van der Waals surface area (Å²) in [6, 6.07) is 16.2. The molecule has 0 unspecified atom stereocenters. The first-order chi connectivity index (χ1) is 14.3. The van der Waals surface area contributed by atoms with Crippen LogP contribution < -0.4 is 0 Å². The molecule has 0 aliphatic heterocycles. The van der Waals surface area contributed by atoms with Crippen molar-refractivity contribution >= 4 is 73.7 Å². The zero-order chi connectivity index (χ0) is 19.6. The fourth-order valence-corrected chi connectivity index (χ4v) is 8.18. The Bertz CT molecular complexity index is 1250. The van der Waals surface area contributed by atoms with Gasteiger partial charge in [0.15, 0.2) is 0 Å². The first-order valence-corrected chi connectivity index (χ1v) is 13.5. The Morgan fingerprint density at radius 1 is 0.586 bits per heavy atom. The van der Waals surface area contributed by atoms with Crippen molar-refractivity contribution in [2.75, 3.05) is 0 Å². The summed E-state index contributed by atoms with van der Waals surface area (Å²) in [5, 5.41) is 4.30. The average molecular weight is 437 g/mol. The number of hydrogen-bond acceptors (Lipinski definition) is 3. The zero-order valence-electron chi connectivity index (χ0n) is 17.1. The Morgan fingerprint density at radius 3 is 2.17 bits per heavy atom. The van der Waals surface area contributed by atoms with Crippen molar-refractivity contribution < 1.29 is 0 Å². The molecule has 0 spiro atoms. The van der Waals surface area contributed by atoms with E-state index in [9.17, 15) is 0 Å². The van der Waals surface area contributed by atoms with E-state index in [0.29, 0.717) is 0 Å². The number of thiophene rings is 3. The number of benzene rings is 2. The minimum Gasteiger partial charge on any atom is -0.139 e. The van der Waals surface area contributed by atoms with Crippen molar-refractivity contribution in [3.05, 3.63) is 47.3 Å². The summed E-state index contributed by atoms with van der Waals surface area (Å²) in [6.45, 7) is 2.29. The molecule has 0 aliphatic carbocycles. The van der Waals surface area contributed by atoms with E-state index in [1.807, 2.05) is 34.0 Å². The van der Waals surface area contributed by atoms with Gasteiger partial charge in [0, 0.05) is 39.8 Å². The van der Waals surface area contributed by atoms with Crippen LogP contribution in [-0.4, -0.2) is 0 Å². The average Bonchev–Trinajstić information content (AvgIpc) is 3.38. The van der Waals surface area contributed by atoms with Crippen molar-refractivity contribution in [3.63, 3.8) is 0 Å². The maximum Gasteiger partial charge on any atom is 0.0532 e. The van der Waals surface area contributed by atoms with Crippen LogP contribution in [0.4, 0.5) is 0 Å². The van der Waals surface area contributed by atoms with E-state index in [1.54, 1.807) is 4.88 Å². The molecular formula is C26H28S3. The molecule has 29 heavy (non-hydrogen) atoms. The summed E-state index contributed by atoms with van der Waals surface area (Å²) in [5.74, 6) is 0. The lowest BCUT2D eigenvalue weighted by Crippen LogP contribution is -1.83. The maximum absolute atomic E-state index is 2.47. The summed E-state index contributed by atoms with van der Waals surface area (Å²) in [6.07, 6.45) is 12.4. The molecule has 3 heterocycles. The van der Waals surface area contributed by atoms with Crippen LogP contribution in [0.2, 0.25) is 0 Å². The van der Waals surface area contributed by atoms with Gasteiger partial charge < -0.3 is 0 Å². The molecule has 0 saturated carbocycles. The minimum atomic E-state index is 1.26. The SMILES string of the molecule is CCCCCCCCCCc1cc2sc3cc4sc5ccccc5c4cc3c2s1. The van der Waals surface area contributed by atoms with Crippen LogP contribution >= 0.6 is 34.0 Å². The van der Waals surface area contributed by atoms with Crippen LogP contribution in [0.25, 0.3) is 39.7 Å². The molecule has 2 aromatic carbocycles. The molecule has 0 fully saturated rings. The van der Waals surface area contributed by atoms with Gasteiger partial charge in [-0.2, -0.15) is 0 Å². The number of rotatable bonds is 9. The van der Waals surface area contributed by atoms with E-state index in [1.165, 1.54) is 97.4 Å². The molecular weight excluding hydrogens is 408 g/mol. The van der Waals surface area contributed by atoms with E-state index in [0.717, 1.165) is 0 Å². The van der Waals surface area contributed by atoms with Gasteiger partial charge in [-0.25, -0.2) is 0 Å². The van der Waals surface area contributed by atoms with Gasteiger partial charge in [-0.15, -0.1) is 34.0 Å². The standard InChI is InChI=1S/C26H28S3/c1-2-3-4-5-6-7-8-9-12-18-15-25-26(27-18)21-16-20-19-13-10-11-14-22(19)28-23(20)17-24(21)29-25/h10-11,13-17H,2-9,12H2,1H3. The smallest absolute Gasteiger partial charge is 0.0532 e. The van der Waals surface area contributed by atoms with Crippen LogP contribution in [0.15, 0.2) is 42.5 Å². The third kappa shape index (κ3) is 3.97. The zero-order valence-corrected chi connectivity index (χ0v) is 19.6. The molecule has 0 atom stereocenters. The molecule has 0 nitrogen and oxygen atoms in total. The number of fused-ring (bicyclic) bond motifs is 6. The van der Waals surface area contributed by atoms with Crippen molar-refractivity contribution in [1.82, 2.24) is 0 Å². The lowest BCUT2D eigenvalue weighted by Gasteiger charge is -2.00.